The van der Waals surface area contributed by atoms with E-state index >= 15 is 0 Å². The molecule has 0 aliphatic carbocycles. The molecular weight excluding hydrogens is 268 g/mol. The van der Waals surface area contributed by atoms with E-state index < -0.39 is 9.84 Å². The first-order chi connectivity index (χ1) is 9.55. The fraction of sp³-hybridized carbons (Fsp3) is 0.294. The Labute approximate surface area is 121 Å². The molecule has 106 valence electrons. The first-order valence-electron chi connectivity index (χ1n) is 6.85. The Bertz CT molecular complexity index is 646. The van der Waals surface area contributed by atoms with Crippen molar-refractivity contribution < 1.29 is 8.42 Å². The van der Waals surface area contributed by atoms with Gasteiger partial charge in [0, 0.05) is 0 Å². The van der Waals surface area contributed by atoms with E-state index in [-0.39, 0.29) is 11.5 Å². The molecule has 0 aliphatic rings. The van der Waals surface area contributed by atoms with E-state index in [0.717, 1.165) is 17.5 Å². The summed E-state index contributed by atoms with van der Waals surface area (Å²) in [5, 5.41) is 0. The van der Waals surface area contributed by atoms with Crippen molar-refractivity contribution in [2.24, 2.45) is 0 Å². The predicted molar refractivity (Wildman–Crippen MR) is 83.4 cm³/mol. The molecule has 3 heteroatoms. The van der Waals surface area contributed by atoms with Crippen LogP contribution in [-0.4, -0.2) is 14.2 Å². The first kappa shape index (κ1) is 14.8. The van der Waals surface area contributed by atoms with Crippen molar-refractivity contribution in [2.75, 3.05) is 5.75 Å². The predicted octanol–water partition coefficient (Wildman–Crippen LogP) is 3.54. The topological polar surface area (TPSA) is 34.1 Å². The highest BCUT2D eigenvalue weighted by molar-refractivity contribution is 7.90. The Hall–Kier alpha value is -1.61. The fourth-order valence-corrected chi connectivity index (χ4v) is 3.68. The third-order valence-corrected chi connectivity index (χ3v) is 4.92. The van der Waals surface area contributed by atoms with E-state index in [9.17, 15) is 8.42 Å². The zero-order chi connectivity index (χ0) is 14.4. The van der Waals surface area contributed by atoms with Crippen molar-refractivity contribution in [3.05, 3.63) is 71.3 Å². The van der Waals surface area contributed by atoms with Crippen molar-refractivity contribution >= 4 is 9.84 Å². The Morgan fingerprint density at radius 3 is 2.30 bits per heavy atom. The van der Waals surface area contributed by atoms with Crippen LogP contribution in [0.4, 0.5) is 0 Å². The summed E-state index contributed by atoms with van der Waals surface area (Å²) in [5.74, 6) is 0.388. The fourth-order valence-electron chi connectivity index (χ4n) is 2.27. The molecule has 0 fully saturated rings. The highest BCUT2D eigenvalue weighted by atomic mass is 32.2. The lowest BCUT2D eigenvalue weighted by Crippen LogP contribution is -2.10. The molecule has 0 saturated carbocycles. The number of benzene rings is 2. The Balaban J connectivity index is 1.88. The van der Waals surface area contributed by atoms with Crippen molar-refractivity contribution in [3.8, 4) is 0 Å². The molecular formula is C17H20O2S. The van der Waals surface area contributed by atoms with Gasteiger partial charge < -0.3 is 0 Å². The van der Waals surface area contributed by atoms with Crippen LogP contribution in [0, 0.1) is 6.92 Å². The van der Waals surface area contributed by atoms with Gasteiger partial charge in [0.1, 0.15) is 0 Å². The average Bonchev–Trinajstić information content (AvgIpc) is 2.39. The van der Waals surface area contributed by atoms with Gasteiger partial charge in [-0.15, -0.1) is 0 Å². The van der Waals surface area contributed by atoms with E-state index in [1.807, 2.05) is 61.5 Å². The normalized spacial score (nSPS) is 11.4. The van der Waals surface area contributed by atoms with Gasteiger partial charge >= 0.3 is 0 Å². The third kappa shape index (κ3) is 4.82. The van der Waals surface area contributed by atoms with Gasteiger partial charge in [-0.25, -0.2) is 8.42 Å². The minimum absolute atomic E-state index is 0.142. The van der Waals surface area contributed by atoms with Crippen LogP contribution in [0.25, 0.3) is 0 Å². The molecule has 20 heavy (non-hydrogen) atoms. The van der Waals surface area contributed by atoms with E-state index in [2.05, 4.69) is 0 Å². The molecule has 0 amide bonds. The van der Waals surface area contributed by atoms with Gasteiger partial charge in [0.2, 0.25) is 0 Å². The summed E-state index contributed by atoms with van der Waals surface area (Å²) in [5.41, 5.74) is 3.17. The monoisotopic (exact) mass is 288 g/mol. The molecule has 0 unspecified atom stereocenters. The van der Waals surface area contributed by atoms with Crippen LogP contribution in [0.1, 0.15) is 23.1 Å². The van der Waals surface area contributed by atoms with Gasteiger partial charge in [0.25, 0.3) is 0 Å². The molecule has 2 aromatic rings. The molecule has 0 saturated heterocycles. The van der Waals surface area contributed by atoms with Gasteiger partial charge in [-0.05, 0) is 30.9 Å². The van der Waals surface area contributed by atoms with Crippen LogP contribution in [0.3, 0.4) is 0 Å². The van der Waals surface area contributed by atoms with Gasteiger partial charge in [0.05, 0.1) is 11.5 Å². The van der Waals surface area contributed by atoms with Crippen LogP contribution in [0.2, 0.25) is 0 Å². The molecule has 0 spiro atoms. The lowest BCUT2D eigenvalue weighted by Gasteiger charge is -2.06. The van der Waals surface area contributed by atoms with Crippen molar-refractivity contribution in [3.63, 3.8) is 0 Å². The maximum absolute atomic E-state index is 12.1. The van der Waals surface area contributed by atoms with Gasteiger partial charge in [-0.3, -0.25) is 0 Å². The molecule has 0 atom stereocenters. The van der Waals surface area contributed by atoms with Crippen LogP contribution in [-0.2, 0) is 22.0 Å². The number of sulfone groups is 1. The molecule has 2 aromatic carbocycles. The van der Waals surface area contributed by atoms with E-state index in [1.54, 1.807) is 0 Å². The molecule has 0 heterocycles. The summed E-state index contributed by atoms with van der Waals surface area (Å²) in [4.78, 5) is 0. The molecule has 0 aliphatic heterocycles. The van der Waals surface area contributed by atoms with Crippen LogP contribution in [0.5, 0.6) is 0 Å². The molecule has 2 nitrogen and oxygen atoms in total. The zero-order valence-corrected chi connectivity index (χ0v) is 12.6. The maximum atomic E-state index is 12.1. The van der Waals surface area contributed by atoms with Crippen LogP contribution >= 0.6 is 0 Å². The summed E-state index contributed by atoms with van der Waals surface area (Å²) in [6, 6.07) is 17.7. The smallest absolute Gasteiger partial charge is 0.154 e. The van der Waals surface area contributed by atoms with Crippen molar-refractivity contribution in [2.45, 2.75) is 25.5 Å². The first-order valence-corrected chi connectivity index (χ1v) is 8.67. The molecule has 0 radical (unpaired) electrons. The van der Waals surface area contributed by atoms with Gasteiger partial charge in [-0.1, -0.05) is 60.2 Å². The van der Waals surface area contributed by atoms with Gasteiger partial charge in [0.15, 0.2) is 9.84 Å². The molecule has 2 rings (SSSR count). The Morgan fingerprint density at radius 2 is 1.60 bits per heavy atom. The Morgan fingerprint density at radius 1 is 0.900 bits per heavy atom. The number of rotatable bonds is 6. The average molecular weight is 288 g/mol. The highest BCUT2D eigenvalue weighted by Crippen LogP contribution is 2.11. The minimum atomic E-state index is -3.02. The summed E-state index contributed by atoms with van der Waals surface area (Å²) in [7, 11) is -3.02. The molecule has 0 N–H and O–H groups in total. The van der Waals surface area contributed by atoms with Gasteiger partial charge in [-0.2, -0.15) is 0 Å². The number of aryl methyl sites for hydroxylation is 2. The maximum Gasteiger partial charge on any atom is 0.154 e. The zero-order valence-electron chi connectivity index (χ0n) is 11.7. The lowest BCUT2D eigenvalue weighted by molar-refractivity contribution is 0.592. The highest BCUT2D eigenvalue weighted by Gasteiger charge is 2.11. The van der Waals surface area contributed by atoms with E-state index in [0.29, 0.717) is 6.42 Å². The summed E-state index contributed by atoms with van der Waals surface area (Å²) < 4.78 is 24.2. The SMILES string of the molecule is Cc1cccc(CS(=O)(=O)CCCc2ccccc2)c1. The van der Waals surface area contributed by atoms with E-state index in [1.165, 1.54) is 5.56 Å². The summed E-state index contributed by atoms with van der Waals surface area (Å²) >= 11 is 0. The van der Waals surface area contributed by atoms with E-state index in [4.69, 9.17) is 0 Å². The molecule has 0 bridgehead atoms. The van der Waals surface area contributed by atoms with Crippen molar-refractivity contribution in [1.82, 2.24) is 0 Å². The quantitative estimate of drug-likeness (QED) is 0.814. The van der Waals surface area contributed by atoms with Crippen LogP contribution in [0.15, 0.2) is 54.6 Å². The molecule has 0 aromatic heterocycles. The summed E-state index contributed by atoms with van der Waals surface area (Å²) in [6.45, 7) is 1.98. The van der Waals surface area contributed by atoms with Crippen LogP contribution < -0.4 is 0 Å². The lowest BCUT2D eigenvalue weighted by atomic mass is 10.1. The third-order valence-electron chi connectivity index (χ3n) is 3.23. The second kappa shape index (κ2) is 6.71. The van der Waals surface area contributed by atoms with Crippen molar-refractivity contribution in [1.29, 1.82) is 0 Å². The Kier molecular flexibility index (Phi) is 4.96. The number of hydrogen-bond donors (Lipinski definition) is 0. The second-order valence-electron chi connectivity index (χ2n) is 5.17. The largest absolute Gasteiger partial charge is 0.228 e. The summed E-state index contributed by atoms with van der Waals surface area (Å²) in [6.07, 6.45) is 1.49. The standard InChI is InChI=1S/C17H20O2S/c1-15-7-5-10-17(13-15)14-20(18,19)12-6-11-16-8-3-2-4-9-16/h2-5,7-10,13H,6,11-12,14H2,1H3. The number of hydrogen-bond acceptors (Lipinski definition) is 2. The minimum Gasteiger partial charge on any atom is -0.228 e. The second-order valence-corrected chi connectivity index (χ2v) is 7.35.